The first-order valence-electron chi connectivity index (χ1n) is 4.55. The maximum atomic E-state index is 3.16. The molecule has 0 fully saturated rings. The quantitative estimate of drug-likeness (QED) is 0.654. The van der Waals surface area contributed by atoms with Crippen LogP contribution in [0.5, 0.6) is 0 Å². The summed E-state index contributed by atoms with van der Waals surface area (Å²) in [7, 11) is 1.92. The molecule has 0 amide bonds. The van der Waals surface area contributed by atoms with Crippen LogP contribution in [0, 0.1) is 0 Å². The van der Waals surface area contributed by atoms with E-state index >= 15 is 0 Å². The van der Waals surface area contributed by atoms with Crippen molar-refractivity contribution in [3.63, 3.8) is 0 Å². The number of halogens is 1. The van der Waals surface area contributed by atoms with Gasteiger partial charge in [0.1, 0.15) is 0 Å². The molecule has 3 heteroatoms. The van der Waals surface area contributed by atoms with Crippen molar-refractivity contribution in [2.24, 2.45) is 0 Å². The molecule has 0 aromatic heterocycles. The van der Waals surface area contributed by atoms with E-state index in [0.29, 0.717) is 0 Å². The summed E-state index contributed by atoms with van der Waals surface area (Å²) in [4.78, 5) is 0. The van der Waals surface area contributed by atoms with Crippen LogP contribution in [-0.2, 0) is 0 Å². The lowest BCUT2D eigenvalue weighted by molar-refractivity contribution is 0.575. The zero-order chi connectivity index (χ0) is 7.94. The predicted molar refractivity (Wildman–Crippen MR) is 55.2 cm³/mol. The Kier molecular flexibility index (Phi) is 7.31. The first kappa shape index (κ1) is 11.8. The molecular formula is C9H19ClN2. The zero-order valence-electron chi connectivity index (χ0n) is 7.73. The molecule has 0 atom stereocenters. The summed E-state index contributed by atoms with van der Waals surface area (Å²) in [6, 6.07) is 0. The lowest BCUT2D eigenvalue weighted by Crippen LogP contribution is -2.26. The normalized spacial score (nSPS) is 22.6. The van der Waals surface area contributed by atoms with Crippen LogP contribution >= 0.6 is 12.4 Å². The average Bonchev–Trinajstić information content (AvgIpc) is 1.94. The van der Waals surface area contributed by atoms with Crippen molar-refractivity contribution in [1.29, 1.82) is 0 Å². The first-order valence-corrected chi connectivity index (χ1v) is 4.55. The molecule has 0 aromatic rings. The van der Waals surface area contributed by atoms with Crippen LogP contribution in [0.4, 0.5) is 0 Å². The van der Waals surface area contributed by atoms with E-state index in [1.165, 1.54) is 44.2 Å². The van der Waals surface area contributed by atoms with Gasteiger partial charge in [0.05, 0.1) is 0 Å². The van der Waals surface area contributed by atoms with Gasteiger partial charge in [0.15, 0.2) is 0 Å². The summed E-state index contributed by atoms with van der Waals surface area (Å²) in [5, 5.41) is 0. The van der Waals surface area contributed by atoms with Gasteiger partial charge in [-0.2, -0.15) is 0 Å². The van der Waals surface area contributed by atoms with Gasteiger partial charge in [0.2, 0.25) is 0 Å². The number of hydrogen-bond acceptors (Lipinski definition) is 2. The third kappa shape index (κ3) is 4.62. The van der Waals surface area contributed by atoms with Gasteiger partial charge in [-0.05, 0) is 25.7 Å². The van der Waals surface area contributed by atoms with Crippen LogP contribution < -0.4 is 10.9 Å². The Morgan fingerprint density at radius 2 is 1.92 bits per heavy atom. The Hall–Kier alpha value is -0.210. The van der Waals surface area contributed by atoms with Gasteiger partial charge in [-0.15, -0.1) is 12.4 Å². The average molecular weight is 191 g/mol. The summed E-state index contributed by atoms with van der Waals surface area (Å²) >= 11 is 0. The van der Waals surface area contributed by atoms with Crippen molar-refractivity contribution in [2.75, 3.05) is 7.05 Å². The highest BCUT2D eigenvalue weighted by atomic mass is 35.5. The highest BCUT2D eigenvalue weighted by molar-refractivity contribution is 5.85. The van der Waals surface area contributed by atoms with Crippen molar-refractivity contribution < 1.29 is 0 Å². The molecule has 0 unspecified atom stereocenters. The predicted octanol–water partition coefficient (Wildman–Crippen LogP) is 2.37. The summed E-state index contributed by atoms with van der Waals surface area (Å²) in [5.74, 6) is 0. The van der Waals surface area contributed by atoms with Gasteiger partial charge >= 0.3 is 0 Å². The molecule has 0 spiro atoms. The van der Waals surface area contributed by atoms with Crippen molar-refractivity contribution in [3.05, 3.63) is 11.8 Å². The zero-order valence-corrected chi connectivity index (χ0v) is 8.54. The second-order valence-electron chi connectivity index (χ2n) is 3.06. The van der Waals surface area contributed by atoms with E-state index in [1.807, 2.05) is 7.05 Å². The van der Waals surface area contributed by atoms with Gasteiger partial charge in [-0.1, -0.05) is 18.9 Å². The van der Waals surface area contributed by atoms with E-state index < -0.39 is 0 Å². The maximum Gasteiger partial charge on any atom is 0.0221 e. The van der Waals surface area contributed by atoms with Crippen LogP contribution in [0.15, 0.2) is 11.8 Å². The van der Waals surface area contributed by atoms with Crippen LogP contribution in [0.25, 0.3) is 0 Å². The van der Waals surface area contributed by atoms with Gasteiger partial charge in [0, 0.05) is 12.7 Å². The molecule has 0 radical (unpaired) electrons. The molecule has 72 valence electrons. The molecule has 0 bridgehead atoms. The van der Waals surface area contributed by atoms with E-state index in [0.717, 1.165) is 0 Å². The summed E-state index contributed by atoms with van der Waals surface area (Å²) in [6.07, 6.45) is 10.3. The highest BCUT2D eigenvalue weighted by Crippen LogP contribution is 2.14. The minimum atomic E-state index is 0. The fourth-order valence-electron chi connectivity index (χ4n) is 1.47. The van der Waals surface area contributed by atoms with E-state index in [-0.39, 0.29) is 12.4 Å². The standard InChI is InChI=1S/C9H18N2.ClH/c1-10-11-9-7-5-3-2-4-6-8-9;/h7,10-11H,2-6,8H2,1H3;1H/b9-7+;. The van der Waals surface area contributed by atoms with Gasteiger partial charge in [-0.25, -0.2) is 5.43 Å². The number of nitrogens with one attached hydrogen (secondary N) is 2. The number of allylic oxidation sites excluding steroid dienone is 2. The SMILES string of the molecule is CNN/C1=C/CCCCCC1.Cl. The molecule has 0 aliphatic heterocycles. The number of hydrazine groups is 1. The molecule has 2 N–H and O–H groups in total. The monoisotopic (exact) mass is 190 g/mol. The second kappa shape index (κ2) is 7.44. The Bertz CT molecular complexity index is 134. The van der Waals surface area contributed by atoms with Crippen LogP contribution in [-0.4, -0.2) is 7.05 Å². The molecule has 1 aliphatic rings. The largest absolute Gasteiger partial charge is 0.326 e. The lowest BCUT2D eigenvalue weighted by atomic mass is 10.0. The molecule has 1 aliphatic carbocycles. The van der Waals surface area contributed by atoms with Gasteiger partial charge in [-0.3, -0.25) is 0 Å². The van der Waals surface area contributed by atoms with Gasteiger partial charge in [0.25, 0.3) is 0 Å². The van der Waals surface area contributed by atoms with E-state index in [4.69, 9.17) is 0 Å². The Morgan fingerprint density at radius 3 is 2.67 bits per heavy atom. The fraction of sp³-hybridized carbons (Fsp3) is 0.778. The Morgan fingerprint density at radius 1 is 1.17 bits per heavy atom. The number of hydrogen-bond donors (Lipinski definition) is 2. The number of rotatable bonds is 2. The molecular weight excluding hydrogens is 172 g/mol. The van der Waals surface area contributed by atoms with Crippen LogP contribution in [0.3, 0.4) is 0 Å². The third-order valence-electron chi connectivity index (χ3n) is 2.08. The minimum absolute atomic E-state index is 0. The van der Waals surface area contributed by atoms with Crippen molar-refractivity contribution in [1.82, 2.24) is 10.9 Å². The molecule has 0 heterocycles. The van der Waals surface area contributed by atoms with E-state index in [9.17, 15) is 0 Å². The molecule has 12 heavy (non-hydrogen) atoms. The smallest absolute Gasteiger partial charge is 0.0221 e. The Labute approximate surface area is 81.2 Å². The fourth-order valence-corrected chi connectivity index (χ4v) is 1.47. The van der Waals surface area contributed by atoms with Gasteiger partial charge < -0.3 is 5.43 Å². The van der Waals surface area contributed by atoms with Crippen molar-refractivity contribution in [3.8, 4) is 0 Å². The van der Waals surface area contributed by atoms with Crippen LogP contribution in [0.1, 0.15) is 38.5 Å². The highest BCUT2D eigenvalue weighted by Gasteiger charge is 1.99. The third-order valence-corrected chi connectivity index (χ3v) is 2.08. The summed E-state index contributed by atoms with van der Waals surface area (Å²) in [5.41, 5.74) is 7.50. The van der Waals surface area contributed by atoms with E-state index in [2.05, 4.69) is 16.9 Å². The summed E-state index contributed by atoms with van der Waals surface area (Å²) in [6.45, 7) is 0. The molecule has 0 saturated carbocycles. The topological polar surface area (TPSA) is 24.1 Å². The first-order chi connectivity index (χ1) is 5.43. The summed E-state index contributed by atoms with van der Waals surface area (Å²) < 4.78 is 0. The minimum Gasteiger partial charge on any atom is -0.326 e. The second-order valence-corrected chi connectivity index (χ2v) is 3.06. The van der Waals surface area contributed by atoms with Crippen molar-refractivity contribution in [2.45, 2.75) is 38.5 Å². The maximum absolute atomic E-state index is 3.16. The van der Waals surface area contributed by atoms with E-state index in [1.54, 1.807) is 0 Å². The Balaban J connectivity index is 0.00000121. The molecule has 0 aromatic carbocycles. The molecule has 0 saturated heterocycles. The molecule has 2 nitrogen and oxygen atoms in total. The van der Waals surface area contributed by atoms with Crippen molar-refractivity contribution >= 4 is 12.4 Å². The lowest BCUT2D eigenvalue weighted by Gasteiger charge is -2.12. The molecule has 1 rings (SSSR count). The van der Waals surface area contributed by atoms with Crippen LogP contribution in [0.2, 0.25) is 0 Å².